The van der Waals surface area contributed by atoms with E-state index in [0.717, 1.165) is 39.6 Å². The van der Waals surface area contributed by atoms with Crippen molar-refractivity contribution >= 4 is 21.8 Å². The van der Waals surface area contributed by atoms with Crippen molar-refractivity contribution < 1.29 is 0 Å². The minimum atomic E-state index is 0.168. The molecule has 4 aromatic carbocycles. The molecule has 200 valence electrons. The van der Waals surface area contributed by atoms with Crippen LogP contribution in [0, 0.1) is 6.92 Å². The molecule has 2 heteroatoms. The van der Waals surface area contributed by atoms with Gasteiger partial charge in [-0.1, -0.05) is 99.0 Å². The lowest BCUT2D eigenvalue weighted by atomic mass is 9.67. The van der Waals surface area contributed by atoms with Gasteiger partial charge >= 0.3 is 0 Å². The minimum Gasteiger partial charge on any atom is -0.251 e. The maximum Gasteiger partial charge on any atom is 0.0974 e. The zero-order chi connectivity index (χ0) is 27.6. The molecule has 0 unspecified atom stereocenters. The van der Waals surface area contributed by atoms with E-state index in [2.05, 4.69) is 111 Å². The zero-order valence-corrected chi connectivity index (χ0v) is 23.9. The molecule has 1 fully saturated rings. The van der Waals surface area contributed by atoms with Gasteiger partial charge in [-0.15, -0.1) is 0 Å². The molecule has 6 aromatic rings. The predicted molar refractivity (Wildman–Crippen MR) is 171 cm³/mol. The SMILES string of the molecule is CCc1cc(-c2cccc(-c3ccc4c(c3)C3(CCCCC3)c3ccccc3-4)c2)c2ccc3ccc(C)nc3c2n1. The molecule has 0 atom stereocenters. The molecule has 41 heavy (non-hydrogen) atoms. The van der Waals surface area contributed by atoms with Gasteiger partial charge < -0.3 is 0 Å². The molecule has 0 amide bonds. The first kappa shape index (κ1) is 24.5. The van der Waals surface area contributed by atoms with Gasteiger partial charge in [-0.25, -0.2) is 0 Å². The van der Waals surface area contributed by atoms with Crippen molar-refractivity contribution in [3.63, 3.8) is 0 Å². The van der Waals surface area contributed by atoms with Gasteiger partial charge in [-0.2, -0.15) is 0 Å². The van der Waals surface area contributed by atoms with Gasteiger partial charge in [-0.3, -0.25) is 9.97 Å². The number of hydrogen-bond acceptors (Lipinski definition) is 2. The van der Waals surface area contributed by atoms with Crippen molar-refractivity contribution in [2.75, 3.05) is 0 Å². The number of aromatic nitrogens is 2. The van der Waals surface area contributed by atoms with Crippen molar-refractivity contribution in [1.82, 2.24) is 9.97 Å². The van der Waals surface area contributed by atoms with Gasteiger partial charge in [-0.05, 0) is 95.0 Å². The van der Waals surface area contributed by atoms with E-state index in [0.29, 0.717) is 0 Å². The van der Waals surface area contributed by atoms with Crippen molar-refractivity contribution in [1.29, 1.82) is 0 Å². The average molecular weight is 531 g/mol. The highest BCUT2D eigenvalue weighted by atomic mass is 14.8. The van der Waals surface area contributed by atoms with Crippen molar-refractivity contribution in [2.45, 2.75) is 57.8 Å². The fourth-order valence-electron chi connectivity index (χ4n) is 7.64. The summed E-state index contributed by atoms with van der Waals surface area (Å²) in [6.07, 6.45) is 7.37. The number of nitrogens with zero attached hydrogens (tertiary/aromatic N) is 2. The van der Waals surface area contributed by atoms with Crippen LogP contribution < -0.4 is 0 Å². The molecule has 0 saturated heterocycles. The van der Waals surface area contributed by atoms with Crippen LogP contribution in [0.25, 0.3) is 55.2 Å². The molecule has 0 radical (unpaired) electrons. The Morgan fingerprint density at radius 3 is 2.27 bits per heavy atom. The van der Waals surface area contributed by atoms with Crippen LogP contribution in [0.3, 0.4) is 0 Å². The van der Waals surface area contributed by atoms with E-state index in [1.54, 1.807) is 5.56 Å². The van der Waals surface area contributed by atoms with Crippen LogP contribution >= 0.6 is 0 Å². The summed E-state index contributed by atoms with van der Waals surface area (Å²) >= 11 is 0. The Kier molecular flexibility index (Phi) is 5.60. The molecular formula is C39H34N2. The van der Waals surface area contributed by atoms with E-state index in [4.69, 9.17) is 9.97 Å². The average Bonchev–Trinajstić information content (AvgIpc) is 3.29. The van der Waals surface area contributed by atoms with Crippen LogP contribution in [0.4, 0.5) is 0 Å². The van der Waals surface area contributed by atoms with Gasteiger partial charge in [0.05, 0.1) is 11.0 Å². The van der Waals surface area contributed by atoms with Crippen LogP contribution in [-0.4, -0.2) is 9.97 Å². The fourth-order valence-corrected chi connectivity index (χ4v) is 7.64. The summed E-state index contributed by atoms with van der Waals surface area (Å²) in [5.41, 5.74) is 15.3. The van der Waals surface area contributed by atoms with E-state index in [1.807, 2.05) is 0 Å². The minimum absolute atomic E-state index is 0.168. The van der Waals surface area contributed by atoms with Gasteiger partial charge in [0.1, 0.15) is 0 Å². The van der Waals surface area contributed by atoms with Crippen LogP contribution in [0.15, 0.2) is 97.1 Å². The lowest BCUT2D eigenvalue weighted by Crippen LogP contribution is -2.28. The first-order valence-electron chi connectivity index (χ1n) is 15.2. The van der Waals surface area contributed by atoms with Crippen LogP contribution in [0.1, 0.15) is 61.5 Å². The van der Waals surface area contributed by atoms with Crippen LogP contribution in [-0.2, 0) is 11.8 Å². The Balaban J connectivity index is 1.29. The highest BCUT2D eigenvalue weighted by molar-refractivity contribution is 6.08. The van der Waals surface area contributed by atoms with Crippen molar-refractivity contribution in [3.8, 4) is 33.4 Å². The van der Waals surface area contributed by atoms with Gasteiger partial charge in [0.25, 0.3) is 0 Å². The van der Waals surface area contributed by atoms with E-state index < -0.39 is 0 Å². The third-order valence-corrected chi connectivity index (χ3v) is 9.68. The largest absolute Gasteiger partial charge is 0.251 e. The topological polar surface area (TPSA) is 25.8 Å². The van der Waals surface area contributed by atoms with Gasteiger partial charge in [0, 0.05) is 27.6 Å². The van der Waals surface area contributed by atoms with E-state index in [1.165, 1.54) is 71.0 Å². The molecule has 2 aliphatic rings. The molecule has 0 aliphatic heterocycles. The van der Waals surface area contributed by atoms with Crippen molar-refractivity contribution in [2.24, 2.45) is 0 Å². The Morgan fingerprint density at radius 2 is 1.39 bits per heavy atom. The molecule has 8 rings (SSSR count). The molecular weight excluding hydrogens is 496 g/mol. The number of hydrogen-bond donors (Lipinski definition) is 0. The maximum absolute atomic E-state index is 5.07. The lowest BCUT2D eigenvalue weighted by molar-refractivity contribution is 0.353. The molecule has 1 spiro atoms. The molecule has 0 bridgehead atoms. The molecule has 2 heterocycles. The highest BCUT2D eigenvalue weighted by Crippen LogP contribution is 2.56. The second-order valence-corrected chi connectivity index (χ2v) is 12.0. The summed E-state index contributed by atoms with van der Waals surface area (Å²) < 4.78 is 0. The number of benzene rings is 4. The second-order valence-electron chi connectivity index (χ2n) is 12.0. The number of aryl methyl sites for hydroxylation is 2. The third-order valence-electron chi connectivity index (χ3n) is 9.68. The fraction of sp³-hybridized carbons (Fsp3) is 0.231. The Bertz CT molecular complexity index is 1980. The van der Waals surface area contributed by atoms with Gasteiger partial charge in [0.15, 0.2) is 0 Å². The van der Waals surface area contributed by atoms with Crippen LogP contribution in [0.2, 0.25) is 0 Å². The highest BCUT2D eigenvalue weighted by Gasteiger charge is 2.43. The van der Waals surface area contributed by atoms with Crippen LogP contribution in [0.5, 0.6) is 0 Å². The summed E-state index contributed by atoms with van der Waals surface area (Å²) in [6, 6.07) is 36.4. The molecule has 2 aliphatic carbocycles. The van der Waals surface area contributed by atoms with E-state index >= 15 is 0 Å². The van der Waals surface area contributed by atoms with E-state index in [-0.39, 0.29) is 5.41 Å². The standard InChI is InChI=1S/C39H34N2/c1-3-30-24-34(33-19-16-26-15-14-25(2)40-37(26)38(33)41-30)29-11-9-10-27(22-29)28-17-18-32-31-12-5-6-13-35(31)39(36(32)23-28)20-7-4-8-21-39/h5-6,9-19,22-24H,3-4,7-8,20-21H2,1-2H3. The summed E-state index contributed by atoms with van der Waals surface area (Å²) in [7, 11) is 0. The summed E-state index contributed by atoms with van der Waals surface area (Å²) in [4.78, 5) is 9.98. The summed E-state index contributed by atoms with van der Waals surface area (Å²) in [5, 5.41) is 2.30. The summed E-state index contributed by atoms with van der Waals surface area (Å²) in [6.45, 7) is 4.24. The molecule has 0 N–H and O–H groups in total. The molecule has 2 nitrogen and oxygen atoms in total. The number of rotatable bonds is 3. The molecule has 1 saturated carbocycles. The zero-order valence-electron chi connectivity index (χ0n) is 23.9. The lowest BCUT2D eigenvalue weighted by Gasteiger charge is -2.36. The quantitative estimate of drug-likeness (QED) is 0.213. The Hall–Kier alpha value is -4.30. The maximum atomic E-state index is 5.07. The van der Waals surface area contributed by atoms with Crippen molar-refractivity contribution in [3.05, 3.63) is 120 Å². The number of pyridine rings is 2. The number of fused-ring (bicyclic) bond motifs is 8. The molecule has 2 aromatic heterocycles. The smallest absolute Gasteiger partial charge is 0.0974 e. The monoisotopic (exact) mass is 530 g/mol. The first-order chi connectivity index (χ1) is 20.1. The summed E-state index contributed by atoms with van der Waals surface area (Å²) in [5.74, 6) is 0. The Labute approximate surface area is 242 Å². The third kappa shape index (κ3) is 3.77. The predicted octanol–water partition coefficient (Wildman–Crippen LogP) is 10.2. The first-order valence-corrected chi connectivity index (χ1v) is 15.2. The normalized spacial score (nSPS) is 15.4. The second kappa shape index (κ2) is 9.38. The van der Waals surface area contributed by atoms with Gasteiger partial charge in [0.2, 0.25) is 0 Å². The van der Waals surface area contributed by atoms with E-state index in [9.17, 15) is 0 Å². The Morgan fingerprint density at radius 1 is 0.610 bits per heavy atom.